The number of hydrogen-bond donors (Lipinski definition) is 1. The van der Waals surface area contributed by atoms with Crippen molar-refractivity contribution in [3.05, 3.63) is 48.5 Å². The first-order valence-corrected chi connectivity index (χ1v) is 6.56. The summed E-state index contributed by atoms with van der Waals surface area (Å²) in [6, 6.07) is 4.73. The van der Waals surface area contributed by atoms with E-state index in [-0.39, 0.29) is 16.3 Å². The molecule has 0 radical (unpaired) electrons. The maximum absolute atomic E-state index is 12.1. The highest BCUT2D eigenvalue weighted by Gasteiger charge is 2.17. The predicted octanol–water partition coefficient (Wildman–Crippen LogP) is 1.03. The van der Waals surface area contributed by atoms with Gasteiger partial charge < -0.3 is 5.73 Å². The van der Waals surface area contributed by atoms with Gasteiger partial charge in [-0.2, -0.15) is 0 Å². The number of anilines is 1. The van der Waals surface area contributed by atoms with Gasteiger partial charge in [-0.1, -0.05) is 0 Å². The fourth-order valence-corrected chi connectivity index (χ4v) is 2.92. The standard InChI is InChI=1S/C11H11N3O2S/c12-10-7-14-6-3-11(10)17(15,16)8-9-1-4-13-5-2-9/h1-7H,8,12H2. The smallest absolute Gasteiger partial charge is 0.184 e. The molecule has 0 fully saturated rings. The van der Waals surface area contributed by atoms with E-state index in [2.05, 4.69) is 9.97 Å². The topological polar surface area (TPSA) is 85.9 Å². The predicted molar refractivity (Wildman–Crippen MR) is 63.8 cm³/mol. The van der Waals surface area contributed by atoms with Crippen LogP contribution >= 0.6 is 0 Å². The average molecular weight is 249 g/mol. The van der Waals surface area contributed by atoms with Crippen LogP contribution in [0.5, 0.6) is 0 Å². The zero-order chi connectivity index (χ0) is 12.3. The summed E-state index contributed by atoms with van der Waals surface area (Å²) in [7, 11) is -3.44. The van der Waals surface area contributed by atoms with Crippen molar-refractivity contribution < 1.29 is 8.42 Å². The molecule has 2 N–H and O–H groups in total. The maximum Gasteiger partial charge on any atom is 0.184 e. The Morgan fingerprint density at radius 3 is 2.35 bits per heavy atom. The van der Waals surface area contributed by atoms with Crippen LogP contribution in [0.4, 0.5) is 5.69 Å². The second kappa shape index (κ2) is 4.50. The summed E-state index contributed by atoms with van der Waals surface area (Å²) < 4.78 is 24.2. The van der Waals surface area contributed by atoms with Gasteiger partial charge in [0.25, 0.3) is 0 Å². The van der Waals surface area contributed by atoms with Gasteiger partial charge in [0, 0.05) is 18.6 Å². The maximum atomic E-state index is 12.1. The Balaban J connectivity index is 2.36. The Labute approximate surface area is 99.3 Å². The van der Waals surface area contributed by atoms with Gasteiger partial charge in [-0.25, -0.2) is 8.42 Å². The number of rotatable bonds is 3. The van der Waals surface area contributed by atoms with E-state index in [1.54, 1.807) is 24.5 Å². The van der Waals surface area contributed by atoms with E-state index in [1.807, 2.05) is 0 Å². The molecule has 0 aliphatic rings. The summed E-state index contributed by atoms with van der Waals surface area (Å²) in [6.45, 7) is 0. The third-order valence-corrected chi connectivity index (χ3v) is 4.01. The number of aromatic nitrogens is 2. The molecule has 0 atom stereocenters. The molecule has 2 aromatic heterocycles. The van der Waals surface area contributed by atoms with E-state index in [0.29, 0.717) is 5.56 Å². The molecular formula is C11H11N3O2S. The van der Waals surface area contributed by atoms with E-state index < -0.39 is 9.84 Å². The van der Waals surface area contributed by atoms with Crippen molar-refractivity contribution in [3.63, 3.8) is 0 Å². The molecule has 0 aromatic carbocycles. The Morgan fingerprint density at radius 2 is 1.71 bits per heavy atom. The fraction of sp³-hybridized carbons (Fsp3) is 0.0909. The first-order chi connectivity index (χ1) is 8.09. The Kier molecular flexibility index (Phi) is 3.06. The lowest BCUT2D eigenvalue weighted by Gasteiger charge is -2.06. The molecule has 17 heavy (non-hydrogen) atoms. The summed E-state index contributed by atoms with van der Waals surface area (Å²) in [4.78, 5) is 7.72. The molecule has 5 nitrogen and oxygen atoms in total. The molecule has 0 amide bonds. The minimum absolute atomic E-state index is 0.0935. The lowest BCUT2D eigenvalue weighted by atomic mass is 10.3. The second-order valence-corrected chi connectivity index (χ2v) is 5.49. The number of nitrogens with two attached hydrogens (primary N) is 1. The molecule has 6 heteroatoms. The average Bonchev–Trinajstić information content (AvgIpc) is 2.30. The molecule has 0 saturated heterocycles. The molecule has 2 aromatic rings. The van der Waals surface area contributed by atoms with Gasteiger partial charge in [0.05, 0.1) is 22.5 Å². The molecule has 2 rings (SSSR count). The van der Waals surface area contributed by atoms with Gasteiger partial charge in [-0.3, -0.25) is 9.97 Å². The van der Waals surface area contributed by atoms with Crippen LogP contribution in [0.1, 0.15) is 5.56 Å². The van der Waals surface area contributed by atoms with Crippen molar-refractivity contribution in [2.75, 3.05) is 5.73 Å². The van der Waals surface area contributed by atoms with E-state index in [4.69, 9.17) is 5.73 Å². The molecule has 0 aliphatic carbocycles. The van der Waals surface area contributed by atoms with Crippen molar-refractivity contribution in [1.29, 1.82) is 0 Å². The SMILES string of the molecule is Nc1cnccc1S(=O)(=O)Cc1ccncc1. The third kappa shape index (κ3) is 2.59. The first-order valence-electron chi connectivity index (χ1n) is 4.91. The summed E-state index contributed by atoms with van der Waals surface area (Å²) in [5.41, 5.74) is 6.45. The minimum Gasteiger partial charge on any atom is -0.396 e. The molecule has 0 aliphatic heterocycles. The molecular weight excluding hydrogens is 238 g/mol. The summed E-state index contributed by atoms with van der Waals surface area (Å²) >= 11 is 0. The molecule has 0 bridgehead atoms. The highest BCUT2D eigenvalue weighted by atomic mass is 32.2. The highest BCUT2D eigenvalue weighted by molar-refractivity contribution is 7.90. The zero-order valence-electron chi connectivity index (χ0n) is 8.95. The van der Waals surface area contributed by atoms with Crippen molar-refractivity contribution in [2.24, 2.45) is 0 Å². The fourth-order valence-electron chi connectivity index (χ4n) is 1.45. The van der Waals surface area contributed by atoms with Crippen LogP contribution in [0, 0.1) is 0 Å². The zero-order valence-corrected chi connectivity index (χ0v) is 9.76. The Hall–Kier alpha value is -1.95. The largest absolute Gasteiger partial charge is 0.396 e. The van der Waals surface area contributed by atoms with E-state index >= 15 is 0 Å². The van der Waals surface area contributed by atoms with Crippen LogP contribution < -0.4 is 5.73 Å². The molecule has 2 heterocycles. The van der Waals surface area contributed by atoms with Crippen molar-refractivity contribution in [2.45, 2.75) is 10.6 Å². The van der Waals surface area contributed by atoms with Crippen molar-refractivity contribution in [1.82, 2.24) is 9.97 Å². The normalized spacial score (nSPS) is 11.3. The molecule has 0 unspecified atom stereocenters. The van der Waals surface area contributed by atoms with Gasteiger partial charge in [0.1, 0.15) is 0 Å². The number of sulfone groups is 1. The number of hydrogen-bond acceptors (Lipinski definition) is 5. The lowest BCUT2D eigenvalue weighted by Crippen LogP contribution is -2.08. The van der Waals surface area contributed by atoms with Gasteiger partial charge in [0.2, 0.25) is 0 Å². The minimum atomic E-state index is -3.44. The quantitative estimate of drug-likeness (QED) is 0.878. The number of nitrogen functional groups attached to an aromatic ring is 1. The summed E-state index contributed by atoms with van der Waals surface area (Å²) in [5.74, 6) is -0.0935. The molecule has 0 saturated carbocycles. The molecule has 88 valence electrons. The van der Waals surface area contributed by atoms with Gasteiger partial charge >= 0.3 is 0 Å². The van der Waals surface area contributed by atoms with Gasteiger partial charge in [-0.05, 0) is 23.8 Å². The Morgan fingerprint density at radius 1 is 1.06 bits per heavy atom. The van der Waals surface area contributed by atoms with E-state index in [9.17, 15) is 8.42 Å². The second-order valence-electron chi connectivity index (χ2n) is 3.53. The van der Waals surface area contributed by atoms with E-state index in [1.165, 1.54) is 18.5 Å². The van der Waals surface area contributed by atoms with Crippen LogP contribution in [-0.4, -0.2) is 18.4 Å². The van der Waals surface area contributed by atoms with Crippen LogP contribution in [0.15, 0.2) is 47.9 Å². The Bertz CT molecular complexity index is 612. The van der Waals surface area contributed by atoms with Crippen molar-refractivity contribution in [3.8, 4) is 0 Å². The number of pyridine rings is 2. The molecule has 0 spiro atoms. The monoisotopic (exact) mass is 249 g/mol. The lowest BCUT2D eigenvalue weighted by molar-refractivity contribution is 0.595. The van der Waals surface area contributed by atoms with Crippen molar-refractivity contribution >= 4 is 15.5 Å². The summed E-state index contributed by atoms with van der Waals surface area (Å²) in [5, 5.41) is 0. The van der Waals surface area contributed by atoms with E-state index in [0.717, 1.165) is 0 Å². The van der Waals surface area contributed by atoms with Gasteiger partial charge in [0.15, 0.2) is 9.84 Å². The number of nitrogens with zero attached hydrogens (tertiary/aromatic N) is 2. The van der Waals surface area contributed by atoms with Gasteiger partial charge in [-0.15, -0.1) is 0 Å². The highest BCUT2D eigenvalue weighted by Crippen LogP contribution is 2.20. The third-order valence-electron chi connectivity index (χ3n) is 2.25. The summed E-state index contributed by atoms with van der Waals surface area (Å²) in [6.07, 6.45) is 5.86. The van der Waals surface area contributed by atoms with Crippen LogP contribution in [-0.2, 0) is 15.6 Å². The first kappa shape index (κ1) is 11.5. The van der Waals surface area contributed by atoms with Crippen LogP contribution in [0.2, 0.25) is 0 Å². The van der Waals surface area contributed by atoms with Crippen LogP contribution in [0.25, 0.3) is 0 Å². The van der Waals surface area contributed by atoms with Crippen LogP contribution in [0.3, 0.4) is 0 Å².